The highest BCUT2D eigenvalue weighted by Gasteiger charge is 2.23. The van der Waals surface area contributed by atoms with E-state index < -0.39 is 10.0 Å². The van der Waals surface area contributed by atoms with E-state index in [1.54, 1.807) is 6.07 Å². The number of primary sulfonamides is 1. The Kier molecular flexibility index (Phi) is 3.87. The molecular formula is C12H18N2O3S. The van der Waals surface area contributed by atoms with Crippen LogP contribution in [0.1, 0.15) is 32.6 Å². The van der Waals surface area contributed by atoms with Crippen LogP contribution in [0.25, 0.3) is 0 Å². The summed E-state index contributed by atoms with van der Waals surface area (Å²) in [6.07, 6.45) is 6.02. The molecule has 0 amide bonds. The van der Waals surface area contributed by atoms with Crippen LogP contribution in [0.5, 0.6) is 5.88 Å². The average Bonchev–Trinajstić information content (AvgIpc) is 2.32. The topological polar surface area (TPSA) is 82.3 Å². The van der Waals surface area contributed by atoms with Gasteiger partial charge in [-0.3, -0.25) is 0 Å². The van der Waals surface area contributed by atoms with E-state index >= 15 is 0 Å². The van der Waals surface area contributed by atoms with Crippen LogP contribution in [0, 0.1) is 5.92 Å². The summed E-state index contributed by atoms with van der Waals surface area (Å²) < 4.78 is 28.0. The molecule has 2 N–H and O–H groups in total. The van der Waals surface area contributed by atoms with Crippen molar-refractivity contribution in [3.8, 4) is 5.88 Å². The van der Waals surface area contributed by atoms with Gasteiger partial charge in [0.15, 0.2) is 0 Å². The van der Waals surface area contributed by atoms with Crippen molar-refractivity contribution in [3.63, 3.8) is 0 Å². The van der Waals surface area contributed by atoms with Gasteiger partial charge in [0.25, 0.3) is 0 Å². The number of aromatic nitrogens is 1. The Morgan fingerprint density at radius 3 is 2.61 bits per heavy atom. The molecule has 0 radical (unpaired) electrons. The lowest BCUT2D eigenvalue weighted by Crippen LogP contribution is -2.28. The van der Waals surface area contributed by atoms with Gasteiger partial charge in [0.2, 0.25) is 15.9 Å². The van der Waals surface area contributed by atoms with Crippen LogP contribution >= 0.6 is 0 Å². The van der Waals surface area contributed by atoms with Crippen molar-refractivity contribution in [2.75, 3.05) is 0 Å². The van der Waals surface area contributed by atoms with Crippen LogP contribution in [-0.4, -0.2) is 19.5 Å². The molecule has 1 aliphatic rings. The fourth-order valence-corrected chi connectivity index (χ4v) is 2.67. The lowest BCUT2D eigenvalue weighted by Gasteiger charge is -2.28. The number of pyridine rings is 1. The summed E-state index contributed by atoms with van der Waals surface area (Å²) in [6.45, 7) is 2.17. The number of nitrogens with two attached hydrogens (primary N) is 1. The summed E-state index contributed by atoms with van der Waals surface area (Å²) in [5.74, 6) is 0.972. The van der Waals surface area contributed by atoms with Gasteiger partial charge in [-0.05, 0) is 31.2 Å². The maximum Gasteiger partial charge on any atom is 0.239 e. The second-order valence-electron chi connectivity index (χ2n) is 4.80. The molecule has 1 aliphatic carbocycles. The largest absolute Gasteiger partial charge is 0.474 e. The molecule has 0 saturated heterocycles. The van der Waals surface area contributed by atoms with Gasteiger partial charge in [-0.15, -0.1) is 0 Å². The van der Waals surface area contributed by atoms with Gasteiger partial charge in [0.1, 0.15) is 11.0 Å². The summed E-state index contributed by atoms with van der Waals surface area (Å²) >= 11 is 0. The second-order valence-corrected chi connectivity index (χ2v) is 6.36. The maximum atomic E-state index is 11.1. The Morgan fingerprint density at radius 1 is 1.33 bits per heavy atom. The number of hydrogen-bond acceptors (Lipinski definition) is 4. The Labute approximate surface area is 107 Å². The van der Waals surface area contributed by atoms with Gasteiger partial charge in [-0.1, -0.05) is 13.3 Å². The lowest BCUT2D eigenvalue weighted by molar-refractivity contribution is 0.0975. The van der Waals surface area contributed by atoms with Gasteiger partial charge in [-0.25, -0.2) is 18.5 Å². The third-order valence-corrected chi connectivity index (χ3v) is 4.24. The lowest BCUT2D eigenvalue weighted by atomic mass is 9.88. The SMILES string of the molecule is CC1CCCCC1Oc1ccc(S(N)(=O)=O)cn1. The Balaban J connectivity index is 2.06. The van der Waals surface area contributed by atoms with Crippen molar-refractivity contribution in [1.82, 2.24) is 4.98 Å². The predicted octanol–water partition coefficient (Wildman–Crippen LogP) is 1.69. The highest BCUT2D eigenvalue weighted by Crippen LogP contribution is 2.27. The van der Waals surface area contributed by atoms with Gasteiger partial charge in [-0.2, -0.15) is 0 Å². The molecule has 0 bridgehead atoms. The van der Waals surface area contributed by atoms with Gasteiger partial charge in [0, 0.05) is 6.07 Å². The standard InChI is InChI=1S/C12H18N2O3S/c1-9-4-2-3-5-11(9)17-12-7-6-10(8-14-12)18(13,15)16/h6-9,11H,2-5H2,1H3,(H2,13,15,16). The summed E-state index contributed by atoms with van der Waals surface area (Å²) in [6, 6.07) is 2.98. The van der Waals surface area contributed by atoms with Crippen molar-refractivity contribution in [2.45, 2.75) is 43.6 Å². The molecule has 5 nitrogen and oxygen atoms in total. The van der Waals surface area contributed by atoms with Crippen LogP contribution < -0.4 is 9.88 Å². The smallest absolute Gasteiger partial charge is 0.239 e. The Bertz CT molecular complexity index is 499. The first kappa shape index (κ1) is 13.3. The molecule has 1 heterocycles. The summed E-state index contributed by atoms with van der Waals surface area (Å²) in [4.78, 5) is 4.00. The second kappa shape index (κ2) is 5.24. The molecule has 1 aromatic heterocycles. The number of sulfonamides is 1. The zero-order valence-electron chi connectivity index (χ0n) is 10.4. The zero-order chi connectivity index (χ0) is 13.2. The highest BCUT2D eigenvalue weighted by molar-refractivity contribution is 7.89. The van der Waals surface area contributed by atoms with Crippen LogP contribution in [0.15, 0.2) is 23.2 Å². The first-order chi connectivity index (χ1) is 8.47. The molecule has 1 saturated carbocycles. The first-order valence-electron chi connectivity index (χ1n) is 6.12. The van der Waals surface area contributed by atoms with E-state index in [1.165, 1.54) is 31.5 Å². The minimum atomic E-state index is -3.68. The van der Waals surface area contributed by atoms with Gasteiger partial charge < -0.3 is 4.74 Å². The van der Waals surface area contributed by atoms with Crippen molar-refractivity contribution in [1.29, 1.82) is 0 Å². The molecule has 0 aromatic carbocycles. The van der Waals surface area contributed by atoms with Crippen LogP contribution in [0.4, 0.5) is 0 Å². The molecule has 100 valence electrons. The summed E-state index contributed by atoms with van der Waals surface area (Å²) in [5, 5.41) is 5.00. The van der Waals surface area contributed by atoms with Crippen LogP contribution in [0.3, 0.4) is 0 Å². The molecule has 18 heavy (non-hydrogen) atoms. The molecule has 0 spiro atoms. The van der Waals surface area contributed by atoms with Crippen LogP contribution in [0.2, 0.25) is 0 Å². The molecule has 6 heteroatoms. The Morgan fingerprint density at radius 2 is 2.06 bits per heavy atom. The third-order valence-electron chi connectivity index (χ3n) is 3.34. The van der Waals surface area contributed by atoms with Crippen molar-refractivity contribution < 1.29 is 13.2 Å². The highest BCUT2D eigenvalue weighted by atomic mass is 32.2. The van der Waals surface area contributed by atoms with E-state index in [2.05, 4.69) is 11.9 Å². The molecule has 1 fully saturated rings. The number of nitrogens with zero attached hydrogens (tertiary/aromatic N) is 1. The summed E-state index contributed by atoms with van der Waals surface area (Å²) in [5.41, 5.74) is 0. The molecule has 2 atom stereocenters. The number of hydrogen-bond donors (Lipinski definition) is 1. The van der Waals surface area contributed by atoms with E-state index in [9.17, 15) is 8.42 Å². The fraction of sp³-hybridized carbons (Fsp3) is 0.583. The van der Waals surface area contributed by atoms with Crippen molar-refractivity contribution in [3.05, 3.63) is 18.3 Å². The molecular weight excluding hydrogens is 252 g/mol. The minimum Gasteiger partial charge on any atom is -0.474 e. The summed E-state index contributed by atoms with van der Waals surface area (Å²) in [7, 11) is -3.68. The van der Waals surface area contributed by atoms with Crippen molar-refractivity contribution in [2.24, 2.45) is 11.1 Å². The quantitative estimate of drug-likeness (QED) is 0.906. The molecule has 2 rings (SSSR count). The van der Waals surface area contributed by atoms with E-state index in [0.717, 1.165) is 6.42 Å². The average molecular weight is 270 g/mol. The minimum absolute atomic E-state index is 0.00606. The van der Waals surface area contributed by atoms with Gasteiger partial charge in [0.05, 0.1) is 6.20 Å². The Hall–Kier alpha value is -1.14. The van der Waals surface area contributed by atoms with E-state index in [1.807, 2.05) is 0 Å². The normalized spacial score (nSPS) is 24.8. The fourth-order valence-electron chi connectivity index (χ4n) is 2.22. The van der Waals surface area contributed by atoms with Crippen LogP contribution in [-0.2, 0) is 10.0 Å². The van der Waals surface area contributed by atoms with E-state index in [0.29, 0.717) is 11.8 Å². The number of rotatable bonds is 3. The predicted molar refractivity (Wildman–Crippen MR) is 67.7 cm³/mol. The van der Waals surface area contributed by atoms with E-state index in [-0.39, 0.29) is 11.0 Å². The number of ether oxygens (including phenoxy) is 1. The third kappa shape index (κ3) is 3.20. The zero-order valence-corrected chi connectivity index (χ0v) is 11.2. The van der Waals surface area contributed by atoms with E-state index in [4.69, 9.17) is 9.88 Å². The van der Waals surface area contributed by atoms with Gasteiger partial charge >= 0.3 is 0 Å². The first-order valence-corrected chi connectivity index (χ1v) is 7.67. The molecule has 1 aromatic rings. The van der Waals surface area contributed by atoms with Crippen molar-refractivity contribution >= 4 is 10.0 Å². The molecule has 2 unspecified atom stereocenters. The molecule has 0 aliphatic heterocycles. The monoisotopic (exact) mass is 270 g/mol. The maximum absolute atomic E-state index is 11.1.